The summed E-state index contributed by atoms with van der Waals surface area (Å²) in [6.07, 6.45) is 9.17. The molecule has 134 valence electrons. The van der Waals surface area contributed by atoms with E-state index >= 15 is 0 Å². The maximum Gasteiger partial charge on any atom is 0.330 e. The van der Waals surface area contributed by atoms with Crippen LogP contribution in [0.25, 0.3) is 0 Å². The average molecular weight is 336 g/mol. The Morgan fingerprint density at radius 1 is 1.21 bits per heavy atom. The summed E-state index contributed by atoms with van der Waals surface area (Å²) in [4.78, 5) is 41.9. The van der Waals surface area contributed by atoms with E-state index in [1.165, 1.54) is 6.21 Å². The molecule has 0 bridgehead atoms. The Hall–Kier alpha value is -1.76. The molecule has 7 nitrogen and oxygen atoms in total. The fourth-order valence-electron chi connectivity index (χ4n) is 3.19. The lowest BCUT2D eigenvalue weighted by Gasteiger charge is -2.29. The molecule has 2 fully saturated rings. The number of rotatable bonds is 7. The van der Waals surface area contributed by atoms with Gasteiger partial charge >= 0.3 is 6.03 Å². The molecule has 2 aliphatic rings. The van der Waals surface area contributed by atoms with Crippen LogP contribution >= 0.6 is 0 Å². The molecule has 1 saturated heterocycles. The second-order valence-corrected chi connectivity index (χ2v) is 6.64. The minimum atomic E-state index is -1.02. The van der Waals surface area contributed by atoms with Crippen molar-refractivity contribution in [3.63, 3.8) is 0 Å². The van der Waals surface area contributed by atoms with Crippen molar-refractivity contribution >= 4 is 24.1 Å². The molecule has 1 aliphatic carbocycles. The number of carbonyl (C=O) groups excluding carboxylic acids is 3. The molecular weight excluding hydrogens is 308 g/mol. The Bertz CT molecular complexity index is 506. The first-order valence-electron chi connectivity index (χ1n) is 8.99. The largest absolute Gasteiger partial charge is 0.330 e. The van der Waals surface area contributed by atoms with Gasteiger partial charge in [0.15, 0.2) is 5.92 Å². The minimum Gasteiger partial charge on any atom is -0.326 e. The van der Waals surface area contributed by atoms with Gasteiger partial charge in [0.1, 0.15) is 0 Å². The minimum absolute atomic E-state index is 0.0245. The van der Waals surface area contributed by atoms with Gasteiger partial charge in [-0.05, 0) is 19.3 Å². The van der Waals surface area contributed by atoms with Crippen molar-refractivity contribution in [3.05, 3.63) is 0 Å². The standard InChI is InChI=1S/C17H28N4O3/c1-2-3-4-7-10-21-16(23)12(15(22)20-17(21)24)11-19-14-9-6-5-8-13(14)18/h11-14H,2-10,18H2,1H3,(H,20,22,24)/t12-,13+,14-/m1/s1. The molecule has 3 atom stereocenters. The third-order valence-corrected chi connectivity index (χ3v) is 4.73. The van der Waals surface area contributed by atoms with Crippen molar-refractivity contribution in [1.82, 2.24) is 10.2 Å². The first-order chi connectivity index (χ1) is 11.5. The number of nitrogens with one attached hydrogen (secondary N) is 1. The van der Waals surface area contributed by atoms with Crippen molar-refractivity contribution in [2.24, 2.45) is 16.6 Å². The fraction of sp³-hybridized carbons (Fsp3) is 0.765. The summed E-state index contributed by atoms with van der Waals surface area (Å²) in [7, 11) is 0. The Balaban J connectivity index is 1.98. The third kappa shape index (κ3) is 4.63. The Morgan fingerprint density at radius 3 is 2.67 bits per heavy atom. The molecule has 0 aromatic rings. The average Bonchev–Trinajstić information content (AvgIpc) is 2.55. The van der Waals surface area contributed by atoms with Gasteiger partial charge < -0.3 is 5.73 Å². The Kier molecular flexibility index (Phi) is 6.90. The normalized spacial score (nSPS) is 28.5. The lowest BCUT2D eigenvalue weighted by Crippen LogP contribution is -2.58. The summed E-state index contributed by atoms with van der Waals surface area (Å²) >= 11 is 0. The van der Waals surface area contributed by atoms with Gasteiger partial charge in [0.25, 0.3) is 0 Å². The molecule has 1 aliphatic heterocycles. The van der Waals surface area contributed by atoms with Crippen molar-refractivity contribution in [2.45, 2.75) is 70.4 Å². The molecular formula is C17H28N4O3. The number of hydrogen-bond acceptors (Lipinski definition) is 5. The van der Waals surface area contributed by atoms with Crippen LogP contribution in [0.15, 0.2) is 4.99 Å². The van der Waals surface area contributed by atoms with E-state index in [4.69, 9.17) is 5.73 Å². The van der Waals surface area contributed by atoms with Gasteiger partial charge in [0.05, 0.1) is 6.04 Å². The first-order valence-corrected chi connectivity index (χ1v) is 8.99. The quantitative estimate of drug-likeness (QED) is 0.418. The van der Waals surface area contributed by atoms with E-state index in [1.807, 2.05) is 0 Å². The van der Waals surface area contributed by atoms with E-state index in [9.17, 15) is 14.4 Å². The third-order valence-electron chi connectivity index (χ3n) is 4.73. The van der Waals surface area contributed by atoms with Gasteiger partial charge in [-0.25, -0.2) is 4.79 Å². The van der Waals surface area contributed by atoms with Crippen LogP contribution in [0.4, 0.5) is 4.79 Å². The number of amides is 4. The van der Waals surface area contributed by atoms with Crippen LogP contribution in [-0.4, -0.2) is 47.6 Å². The summed E-state index contributed by atoms with van der Waals surface area (Å²) in [5, 5.41) is 2.25. The summed E-state index contributed by atoms with van der Waals surface area (Å²) in [6.45, 7) is 2.44. The maximum atomic E-state index is 12.5. The predicted molar refractivity (Wildman–Crippen MR) is 91.6 cm³/mol. The number of nitrogens with zero attached hydrogens (tertiary/aromatic N) is 2. The van der Waals surface area contributed by atoms with Gasteiger partial charge in [-0.1, -0.05) is 39.0 Å². The van der Waals surface area contributed by atoms with Gasteiger partial charge in [-0.2, -0.15) is 0 Å². The van der Waals surface area contributed by atoms with Crippen LogP contribution in [0.3, 0.4) is 0 Å². The molecule has 1 saturated carbocycles. The maximum absolute atomic E-state index is 12.5. The number of hydrogen-bond donors (Lipinski definition) is 2. The molecule has 24 heavy (non-hydrogen) atoms. The topological polar surface area (TPSA) is 105 Å². The van der Waals surface area contributed by atoms with Crippen LogP contribution in [0.5, 0.6) is 0 Å². The molecule has 0 spiro atoms. The Labute approximate surface area is 143 Å². The molecule has 2 rings (SSSR count). The summed E-state index contributed by atoms with van der Waals surface area (Å²) < 4.78 is 0. The van der Waals surface area contributed by atoms with Crippen LogP contribution in [0.1, 0.15) is 58.3 Å². The molecule has 4 amide bonds. The van der Waals surface area contributed by atoms with E-state index in [-0.39, 0.29) is 12.1 Å². The molecule has 7 heteroatoms. The van der Waals surface area contributed by atoms with Crippen molar-refractivity contribution < 1.29 is 14.4 Å². The van der Waals surface area contributed by atoms with Gasteiger partial charge in [0, 0.05) is 18.8 Å². The first kappa shape index (κ1) is 18.6. The monoisotopic (exact) mass is 336 g/mol. The highest BCUT2D eigenvalue weighted by molar-refractivity contribution is 6.23. The van der Waals surface area contributed by atoms with Crippen LogP contribution in [0, 0.1) is 5.92 Å². The second-order valence-electron chi connectivity index (χ2n) is 6.64. The Morgan fingerprint density at radius 2 is 1.96 bits per heavy atom. The predicted octanol–water partition coefficient (Wildman–Crippen LogP) is 1.60. The number of urea groups is 1. The lowest BCUT2D eigenvalue weighted by atomic mass is 9.91. The van der Waals surface area contributed by atoms with Gasteiger partial charge in [-0.3, -0.25) is 24.8 Å². The molecule has 0 unspecified atom stereocenters. The fourth-order valence-corrected chi connectivity index (χ4v) is 3.19. The number of nitrogens with two attached hydrogens (primary N) is 1. The highest BCUT2D eigenvalue weighted by Crippen LogP contribution is 2.20. The summed E-state index contributed by atoms with van der Waals surface area (Å²) in [6, 6.07) is -0.695. The smallest absolute Gasteiger partial charge is 0.326 e. The van der Waals surface area contributed by atoms with E-state index in [0.29, 0.717) is 6.54 Å². The van der Waals surface area contributed by atoms with E-state index < -0.39 is 23.8 Å². The summed E-state index contributed by atoms with van der Waals surface area (Å²) in [5.41, 5.74) is 6.04. The van der Waals surface area contributed by atoms with Crippen LogP contribution in [0.2, 0.25) is 0 Å². The number of aliphatic imine (C=N–C) groups is 1. The van der Waals surface area contributed by atoms with Crippen molar-refractivity contribution in [3.8, 4) is 0 Å². The zero-order chi connectivity index (χ0) is 17.5. The van der Waals surface area contributed by atoms with Crippen LogP contribution < -0.4 is 11.1 Å². The molecule has 0 radical (unpaired) electrons. The molecule has 0 aromatic heterocycles. The number of imide groups is 2. The van der Waals surface area contributed by atoms with E-state index in [0.717, 1.165) is 56.3 Å². The lowest BCUT2D eigenvalue weighted by molar-refractivity contribution is -0.139. The highest BCUT2D eigenvalue weighted by Gasteiger charge is 2.39. The molecule has 0 aromatic carbocycles. The van der Waals surface area contributed by atoms with Gasteiger partial charge in [-0.15, -0.1) is 0 Å². The highest BCUT2D eigenvalue weighted by atomic mass is 16.2. The molecule has 1 heterocycles. The van der Waals surface area contributed by atoms with E-state index in [2.05, 4.69) is 17.2 Å². The van der Waals surface area contributed by atoms with Crippen molar-refractivity contribution in [1.29, 1.82) is 0 Å². The van der Waals surface area contributed by atoms with E-state index in [1.54, 1.807) is 0 Å². The number of carbonyl (C=O) groups is 3. The second kappa shape index (κ2) is 8.92. The molecule has 3 N–H and O–H groups in total. The number of unbranched alkanes of at least 4 members (excludes halogenated alkanes) is 3. The summed E-state index contributed by atoms with van der Waals surface area (Å²) in [5.74, 6) is -2.10. The zero-order valence-corrected chi connectivity index (χ0v) is 14.4. The van der Waals surface area contributed by atoms with Crippen LogP contribution in [-0.2, 0) is 9.59 Å². The SMILES string of the molecule is CCCCCCN1C(=O)NC(=O)[C@@H](C=N[C@@H]2CCCC[C@@H]2N)C1=O. The van der Waals surface area contributed by atoms with Crippen molar-refractivity contribution in [2.75, 3.05) is 6.54 Å². The number of barbiturate groups is 1. The van der Waals surface area contributed by atoms with Gasteiger partial charge in [0.2, 0.25) is 11.8 Å². The zero-order valence-electron chi connectivity index (χ0n) is 14.4.